The number of aliphatic hydroxyl groups is 1. The highest BCUT2D eigenvalue weighted by Crippen LogP contribution is 2.43. The van der Waals surface area contributed by atoms with Crippen molar-refractivity contribution in [1.29, 1.82) is 0 Å². The van der Waals surface area contributed by atoms with Gasteiger partial charge in [0.05, 0.1) is 39.9 Å². The molecule has 0 aliphatic carbocycles. The van der Waals surface area contributed by atoms with Crippen LogP contribution in [0.4, 0.5) is 0 Å². The van der Waals surface area contributed by atoms with Gasteiger partial charge in [-0.15, -0.1) is 0 Å². The number of carbonyl (C=O) groups is 1. The van der Waals surface area contributed by atoms with Crippen LogP contribution >= 0.6 is 7.82 Å². The molecule has 0 fully saturated rings. The van der Waals surface area contributed by atoms with E-state index in [0.717, 1.165) is 89.9 Å². The number of nitrogens with zero attached hydrogens (tertiary/aromatic N) is 1. The van der Waals surface area contributed by atoms with Gasteiger partial charge in [-0.3, -0.25) is 13.8 Å². The van der Waals surface area contributed by atoms with E-state index in [0.29, 0.717) is 17.4 Å². The van der Waals surface area contributed by atoms with Crippen LogP contribution in [0.2, 0.25) is 0 Å². The van der Waals surface area contributed by atoms with E-state index >= 15 is 0 Å². The molecule has 0 saturated heterocycles. The molecule has 3 unspecified atom stereocenters. The topological polar surface area (TPSA) is 105 Å². The third kappa shape index (κ3) is 64.6. The minimum atomic E-state index is -4.37. The fourth-order valence-corrected chi connectivity index (χ4v) is 10.2. The summed E-state index contributed by atoms with van der Waals surface area (Å²) >= 11 is 0. The van der Waals surface area contributed by atoms with Crippen LogP contribution in [0.1, 0.15) is 290 Å². The average molecular weight is 1150 g/mol. The van der Waals surface area contributed by atoms with Crippen LogP contribution in [0.25, 0.3) is 0 Å². The Morgan fingerprint density at radius 3 is 1.14 bits per heavy atom. The number of quaternary nitrogens is 1. The van der Waals surface area contributed by atoms with Crippen LogP contribution in [0.15, 0.2) is 109 Å². The van der Waals surface area contributed by atoms with Crippen molar-refractivity contribution in [2.24, 2.45) is 0 Å². The standard InChI is InChI=1S/C72H129N2O6P/c1-6-8-10-12-14-16-18-20-22-24-26-28-30-32-34-36-38-39-41-43-45-47-49-51-53-55-57-59-61-63-65-71(75)70(69-80-81(77,78)79-68-67-74(3,4)5)73-72(76)66-64-62-60-58-56-54-52-50-48-46-44-42-40-37-35-33-31-29-27-25-23-21-19-17-15-13-11-9-7-2/h9,11,15,17,21,23,27,29,33,35,40,42,47,49,55,57,63,65,70-71,75H,6-8,10,12-14,16,18-20,22,24-26,28,30-32,34,36-39,41,43-46,48,50-54,56,58-62,64,66-69H2,1-5H3,(H-,73,76,77,78)/p+1/b11-9-,17-15-,23-21-,29-27-,35-33-,42-40-,49-47+,57-55+,65-63+. The van der Waals surface area contributed by atoms with Gasteiger partial charge in [-0.05, 0) is 96.3 Å². The maximum absolute atomic E-state index is 13.0. The zero-order valence-electron chi connectivity index (χ0n) is 53.5. The van der Waals surface area contributed by atoms with Crippen molar-refractivity contribution in [3.05, 3.63) is 109 Å². The quantitative estimate of drug-likeness (QED) is 0.0243. The van der Waals surface area contributed by atoms with Crippen molar-refractivity contribution in [2.45, 2.75) is 302 Å². The molecular formula is C72H130N2O6P+. The van der Waals surface area contributed by atoms with Gasteiger partial charge in [0.25, 0.3) is 0 Å². The Morgan fingerprint density at radius 2 is 0.753 bits per heavy atom. The number of phosphoric acid groups is 1. The van der Waals surface area contributed by atoms with E-state index in [1.165, 1.54) is 180 Å². The summed E-state index contributed by atoms with van der Waals surface area (Å²) in [4.78, 5) is 23.4. The van der Waals surface area contributed by atoms with Crippen molar-refractivity contribution in [1.82, 2.24) is 5.32 Å². The van der Waals surface area contributed by atoms with Crippen molar-refractivity contribution in [3.63, 3.8) is 0 Å². The summed E-state index contributed by atoms with van der Waals surface area (Å²) in [5.41, 5.74) is 0. The zero-order chi connectivity index (χ0) is 59.1. The smallest absolute Gasteiger partial charge is 0.387 e. The molecule has 8 nitrogen and oxygen atoms in total. The highest BCUT2D eigenvalue weighted by molar-refractivity contribution is 7.47. The summed E-state index contributed by atoms with van der Waals surface area (Å²) in [6, 6.07) is -0.882. The van der Waals surface area contributed by atoms with Gasteiger partial charge in [0.2, 0.25) is 5.91 Å². The van der Waals surface area contributed by atoms with Crippen LogP contribution < -0.4 is 5.32 Å². The number of nitrogens with one attached hydrogen (secondary N) is 1. The molecule has 0 radical (unpaired) electrons. The molecule has 468 valence electrons. The molecule has 0 bridgehead atoms. The molecule has 3 N–H and O–H groups in total. The lowest BCUT2D eigenvalue weighted by molar-refractivity contribution is -0.870. The fourth-order valence-electron chi connectivity index (χ4n) is 9.49. The Balaban J connectivity index is 4.21. The second-order valence-corrected chi connectivity index (χ2v) is 25.3. The van der Waals surface area contributed by atoms with Crippen molar-refractivity contribution >= 4 is 13.7 Å². The molecule has 0 aliphatic rings. The molecule has 1 amide bonds. The van der Waals surface area contributed by atoms with Crippen LogP contribution in [-0.4, -0.2) is 73.4 Å². The van der Waals surface area contributed by atoms with E-state index in [4.69, 9.17) is 9.05 Å². The van der Waals surface area contributed by atoms with Crippen LogP contribution in [-0.2, 0) is 18.4 Å². The van der Waals surface area contributed by atoms with E-state index < -0.39 is 20.0 Å². The molecule has 3 atom stereocenters. The number of hydrogen-bond acceptors (Lipinski definition) is 5. The Morgan fingerprint density at radius 1 is 0.432 bits per heavy atom. The number of likely N-dealkylation sites (N-methyl/N-ethyl adjacent to an activating group) is 1. The minimum absolute atomic E-state index is 0.0476. The van der Waals surface area contributed by atoms with E-state index in [1.807, 2.05) is 27.2 Å². The molecule has 0 saturated carbocycles. The highest BCUT2D eigenvalue weighted by atomic mass is 31.2. The first kappa shape index (κ1) is 78.2. The van der Waals surface area contributed by atoms with Gasteiger partial charge in [-0.1, -0.05) is 297 Å². The normalized spacial score (nSPS) is 14.4. The number of aliphatic hydroxyl groups excluding tert-OH is 1. The summed E-state index contributed by atoms with van der Waals surface area (Å²) in [5.74, 6) is -0.198. The maximum atomic E-state index is 13.0. The third-order valence-electron chi connectivity index (χ3n) is 14.7. The Kier molecular flexibility index (Phi) is 59.5. The number of unbranched alkanes of at least 4 members (excludes halogenated alkanes) is 32. The molecule has 9 heteroatoms. The Hall–Kier alpha value is -2.84. The lowest BCUT2D eigenvalue weighted by Gasteiger charge is -2.25. The zero-order valence-corrected chi connectivity index (χ0v) is 54.4. The summed E-state index contributed by atoms with van der Waals surface area (Å²) in [6.07, 6.45) is 90.9. The summed E-state index contributed by atoms with van der Waals surface area (Å²) in [6.45, 7) is 4.69. The van der Waals surface area contributed by atoms with E-state index in [9.17, 15) is 19.4 Å². The molecule has 0 rings (SSSR count). The molecule has 0 aromatic heterocycles. The summed E-state index contributed by atoms with van der Waals surface area (Å²) in [5, 5.41) is 14.0. The number of hydrogen-bond donors (Lipinski definition) is 3. The Labute approximate surface area is 501 Å². The van der Waals surface area contributed by atoms with Gasteiger partial charge in [0, 0.05) is 6.42 Å². The number of carbonyl (C=O) groups excluding carboxylic acids is 1. The number of rotatable bonds is 61. The molecular weight excluding hydrogens is 1020 g/mol. The first-order valence-electron chi connectivity index (χ1n) is 33.8. The predicted octanol–water partition coefficient (Wildman–Crippen LogP) is 21.5. The molecule has 81 heavy (non-hydrogen) atoms. The molecule has 0 aromatic rings. The van der Waals surface area contributed by atoms with Crippen molar-refractivity contribution in [2.75, 3.05) is 40.9 Å². The van der Waals surface area contributed by atoms with E-state index in [2.05, 4.69) is 116 Å². The number of amides is 1. The summed E-state index contributed by atoms with van der Waals surface area (Å²) < 4.78 is 23.8. The highest BCUT2D eigenvalue weighted by Gasteiger charge is 2.28. The third-order valence-corrected chi connectivity index (χ3v) is 15.7. The monoisotopic (exact) mass is 1150 g/mol. The molecule has 0 heterocycles. The van der Waals surface area contributed by atoms with Crippen LogP contribution in [0.5, 0.6) is 0 Å². The van der Waals surface area contributed by atoms with E-state index in [1.54, 1.807) is 6.08 Å². The second-order valence-electron chi connectivity index (χ2n) is 23.8. The average Bonchev–Trinajstić information content (AvgIpc) is 3.43. The van der Waals surface area contributed by atoms with Gasteiger partial charge in [-0.2, -0.15) is 0 Å². The van der Waals surface area contributed by atoms with Gasteiger partial charge >= 0.3 is 7.82 Å². The van der Waals surface area contributed by atoms with Crippen LogP contribution in [0, 0.1) is 0 Å². The maximum Gasteiger partial charge on any atom is 0.472 e. The van der Waals surface area contributed by atoms with Crippen LogP contribution in [0.3, 0.4) is 0 Å². The van der Waals surface area contributed by atoms with Gasteiger partial charge < -0.3 is 19.8 Å². The fraction of sp³-hybridized carbons (Fsp3) is 0.736. The summed E-state index contributed by atoms with van der Waals surface area (Å²) in [7, 11) is 1.53. The van der Waals surface area contributed by atoms with Gasteiger partial charge in [0.1, 0.15) is 13.2 Å². The van der Waals surface area contributed by atoms with Crippen molar-refractivity contribution in [3.8, 4) is 0 Å². The van der Waals surface area contributed by atoms with E-state index in [-0.39, 0.29) is 19.1 Å². The van der Waals surface area contributed by atoms with Gasteiger partial charge in [0.15, 0.2) is 0 Å². The minimum Gasteiger partial charge on any atom is -0.387 e. The number of allylic oxidation sites excluding steroid dienone is 17. The Bertz CT molecular complexity index is 1690. The van der Waals surface area contributed by atoms with Gasteiger partial charge in [-0.25, -0.2) is 4.57 Å². The lowest BCUT2D eigenvalue weighted by Crippen LogP contribution is -2.45. The first-order valence-corrected chi connectivity index (χ1v) is 35.3. The first-order chi connectivity index (χ1) is 39.5. The lowest BCUT2D eigenvalue weighted by atomic mass is 10.0. The predicted molar refractivity (Wildman–Crippen MR) is 355 cm³/mol. The molecule has 0 aromatic carbocycles. The van der Waals surface area contributed by atoms with Crippen molar-refractivity contribution < 1.29 is 32.9 Å². The second kappa shape index (κ2) is 61.7. The SMILES string of the molecule is CC/C=C\C/C=C\C/C=C\C/C=C\C/C=C\C/C=C\CCCCCCCCCCCCC(=O)NC(COP(=O)(O)OCC[N+](C)(C)C)C(O)/C=C/CC/C=C/CC/C=C/CCCCCCCCCCCCCCCCCCCCCC. The molecule has 0 spiro atoms. The molecule has 0 aliphatic heterocycles. The largest absolute Gasteiger partial charge is 0.472 e. The number of phosphoric ester groups is 1.